The molecular weight excluding hydrogens is 240 g/mol. The minimum Gasteiger partial charge on any atom is -0.507 e. The molecule has 2 atom stereocenters. The maximum absolute atomic E-state index is 12.0. The van der Waals surface area contributed by atoms with Gasteiger partial charge in [0.2, 0.25) is 0 Å². The van der Waals surface area contributed by atoms with Crippen molar-refractivity contribution >= 4 is 5.91 Å². The van der Waals surface area contributed by atoms with Crippen LogP contribution in [0.25, 0.3) is 0 Å². The number of rotatable bonds is 3. The Morgan fingerprint density at radius 1 is 1.53 bits per heavy atom. The van der Waals surface area contributed by atoms with Crippen LogP contribution >= 0.6 is 0 Å². The molecule has 0 aromatic heterocycles. The zero-order valence-electron chi connectivity index (χ0n) is 11.6. The van der Waals surface area contributed by atoms with Gasteiger partial charge in [-0.05, 0) is 56.0 Å². The summed E-state index contributed by atoms with van der Waals surface area (Å²) in [7, 11) is 0. The molecule has 1 aromatic rings. The van der Waals surface area contributed by atoms with Crippen molar-refractivity contribution in [3.05, 3.63) is 29.3 Å². The molecule has 0 bridgehead atoms. The summed E-state index contributed by atoms with van der Waals surface area (Å²) >= 11 is 0. The number of piperidine rings is 1. The third-order valence-electron chi connectivity index (χ3n) is 3.91. The molecule has 104 valence electrons. The zero-order valence-corrected chi connectivity index (χ0v) is 11.6. The maximum atomic E-state index is 12.0. The monoisotopic (exact) mass is 262 g/mol. The van der Waals surface area contributed by atoms with Gasteiger partial charge in [0.05, 0.1) is 5.56 Å². The predicted octanol–water partition coefficient (Wildman–Crippen LogP) is 1.68. The third-order valence-corrected chi connectivity index (χ3v) is 3.91. The molecule has 1 aliphatic rings. The van der Waals surface area contributed by atoms with Crippen LogP contribution in [0, 0.1) is 18.8 Å². The van der Waals surface area contributed by atoms with E-state index in [1.54, 1.807) is 12.1 Å². The third kappa shape index (κ3) is 3.47. The van der Waals surface area contributed by atoms with E-state index < -0.39 is 0 Å². The molecule has 0 radical (unpaired) electrons. The molecule has 0 saturated carbocycles. The van der Waals surface area contributed by atoms with Gasteiger partial charge in [-0.25, -0.2) is 0 Å². The van der Waals surface area contributed by atoms with E-state index in [1.165, 1.54) is 0 Å². The number of phenolic OH excluding ortho intramolecular Hbond substituents is 1. The van der Waals surface area contributed by atoms with E-state index >= 15 is 0 Å². The number of hydrogen-bond acceptors (Lipinski definition) is 3. The van der Waals surface area contributed by atoms with Gasteiger partial charge in [0.15, 0.2) is 0 Å². The Balaban J connectivity index is 1.93. The number of carbonyl (C=O) groups is 1. The van der Waals surface area contributed by atoms with E-state index in [1.807, 2.05) is 13.0 Å². The van der Waals surface area contributed by atoms with Crippen molar-refractivity contribution in [3.8, 4) is 5.75 Å². The second-order valence-corrected chi connectivity index (χ2v) is 5.46. The van der Waals surface area contributed by atoms with E-state index in [2.05, 4.69) is 17.6 Å². The molecule has 0 aliphatic carbocycles. The average molecular weight is 262 g/mol. The smallest absolute Gasteiger partial charge is 0.255 e. The fourth-order valence-electron chi connectivity index (χ4n) is 2.48. The van der Waals surface area contributed by atoms with Crippen LogP contribution in [-0.2, 0) is 0 Å². The standard InChI is InChI=1S/C15H22N2O2/c1-10-3-4-13(14(18)7-10)15(19)17-9-12-8-16-6-5-11(12)2/h3-4,7,11-12,16,18H,5-6,8-9H2,1-2H3,(H,17,19). The minimum absolute atomic E-state index is 0.0484. The fourth-order valence-corrected chi connectivity index (χ4v) is 2.48. The molecule has 1 fully saturated rings. The second-order valence-electron chi connectivity index (χ2n) is 5.46. The molecule has 0 spiro atoms. The quantitative estimate of drug-likeness (QED) is 0.776. The van der Waals surface area contributed by atoms with Gasteiger partial charge in [0.1, 0.15) is 5.75 Å². The summed E-state index contributed by atoms with van der Waals surface area (Å²) in [6, 6.07) is 5.11. The van der Waals surface area contributed by atoms with E-state index in [9.17, 15) is 9.90 Å². The Hall–Kier alpha value is -1.55. The molecule has 1 heterocycles. The first-order valence-corrected chi connectivity index (χ1v) is 6.86. The number of benzene rings is 1. The lowest BCUT2D eigenvalue weighted by atomic mass is 9.88. The van der Waals surface area contributed by atoms with Gasteiger partial charge in [0.25, 0.3) is 5.91 Å². The van der Waals surface area contributed by atoms with Crippen molar-refractivity contribution in [2.75, 3.05) is 19.6 Å². The van der Waals surface area contributed by atoms with Crippen LogP contribution < -0.4 is 10.6 Å². The molecule has 4 heteroatoms. The lowest BCUT2D eigenvalue weighted by molar-refractivity contribution is 0.0936. The van der Waals surface area contributed by atoms with Gasteiger partial charge in [-0.15, -0.1) is 0 Å². The van der Waals surface area contributed by atoms with E-state index in [4.69, 9.17) is 0 Å². The van der Waals surface area contributed by atoms with Crippen LogP contribution in [0.5, 0.6) is 5.75 Å². The van der Waals surface area contributed by atoms with Crippen molar-refractivity contribution in [1.29, 1.82) is 0 Å². The summed E-state index contributed by atoms with van der Waals surface area (Å²) in [4.78, 5) is 12.0. The molecule has 3 N–H and O–H groups in total. The molecule has 1 amide bonds. The molecule has 1 saturated heterocycles. The van der Waals surface area contributed by atoms with Gasteiger partial charge in [-0.2, -0.15) is 0 Å². The second kappa shape index (κ2) is 6.06. The Kier molecular flexibility index (Phi) is 4.43. The normalized spacial score (nSPS) is 23.1. The van der Waals surface area contributed by atoms with Crippen molar-refractivity contribution in [1.82, 2.24) is 10.6 Å². The average Bonchev–Trinajstić information content (AvgIpc) is 2.37. The number of carbonyl (C=O) groups excluding carboxylic acids is 1. The topological polar surface area (TPSA) is 61.4 Å². The SMILES string of the molecule is Cc1ccc(C(=O)NCC2CNCCC2C)c(O)c1. The highest BCUT2D eigenvalue weighted by Gasteiger charge is 2.22. The molecule has 2 unspecified atom stereocenters. The van der Waals surface area contributed by atoms with E-state index in [0.29, 0.717) is 23.9 Å². The van der Waals surface area contributed by atoms with Crippen LogP contribution in [-0.4, -0.2) is 30.6 Å². The van der Waals surface area contributed by atoms with Crippen LogP contribution in [0.15, 0.2) is 18.2 Å². The van der Waals surface area contributed by atoms with Gasteiger partial charge < -0.3 is 15.7 Å². The summed E-state index contributed by atoms with van der Waals surface area (Å²) in [5.41, 5.74) is 1.29. The zero-order chi connectivity index (χ0) is 13.8. The summed E-state index contributed by atoms with van der Waals surface area (Å²) in [5.74, 6) is 0.932. The highest BCUT2D eigenvalue weighted by molar-refractivity contribution is 5.96. The first kappa shape index (κ1) is 13.9. The summed E-state index contributed by atoms with van der Waals surface area (Å²) < 4.78 is 0. The van der Waals surface area contributed by atoms with Gasteiger partial charge in [-0.3, -0.25) is 4.79 Å². The van der Waals surface area contributed by atoms with Crippen molar-refractivity contribution in [3.63, 3.8) is 0 Å². The Labute approximate surface area is 114 Å². The van der Waals surface area contributed by atoms with Gasteiger partial charge in [0, 0.05) is 6.54 Å². The highest BCUT2D eigenvalue weighted by Crippen LogP contribution is 2.20. The molecule has 1 aliphatic heterocycles. The largest absolute Gasteiger partial charge is 0.507 e. The minimum atomic E-state index is -0.199. The first-order valence-electron chi connectivity index (χ1n) is 6.86. The van der Waals surface area contributed by atoms with Crippen LogP contribution in [0.1, 0.15) is 29.3 Å². The predicted molar refractivity (Wildman–Crippen MR) is 75.3 cm³/mol. The molecule has 19 heavy (non-hydrogen) atoms. The number of hydrogen-bond donors (Lipinski definition) is 3. The van der Waals surface area contributed by atoms with Crippen molar-refractivity contribution < 1.29 is 9.90 Å². The number of aromatic hydroxyl groups is 1. The highest BCUT2D eigenvalue weighted by atomic mass is 16.3. The summed E-state index contributed by atoms with van der Waals surface area (Å²) in [5, 5.41) is 16.0. The number of nitrogens with one attached hydrogen (secondary N) is 2. The van der Waals surface area contributed by atoms with Gasteiger partial charge >= 0.3 is 0 Å². The molecule has 2 rings (SSSR count). The molecule has 1 aromatic carbocycles. The van der Waals surface area contributed by atoms with Crippen molar-refractivity contribution in [2.24, 2.45) is 11.8 Å². The van der Waals surface area contributed by atoms with Crippen LogP contribution in [0.2, 0.25) is 0 Å². The lowest BCUT2D eigenvalue weighted by Crippen LogP contribution is -2.42. The van der Waals surface area contributed by atoms with Crippen molar-refractivity contribution in [2.45, 2.75) is 20.3 Å². The number of phenols is 1. The van der Waals surface area contributed by atoms with Crippen LogP contribution in [0.3, 0.4) is 0 Å². The Morgan fingerprint density at radius 3 is 3.00 bits per heavy atom. The van der Waals surface area contributed by atoms with E-state index in [-0.39, 0.29) is 11.7 Å². The lowest BCUT2D eigenvalue weighted by Gasteiger charge is -2.29. The number of amides is 1. The summed E-state index contributed by atoms with van der Waals surface area (Å²) in [6.07, 6.45) is 1.15. The molecule has 4 nitrogen and oxygen atoms in total. The fraction of sp³-hybridized carbons (Fsp3) is 0.533. The maximum Gasteiger partial charge on any atom is 0.255 e. The first-order chi connectivity index (χ1) is 9.08. The van der Waals surface area contributed by atoms with Gasteiger partial charge in [-0.1, -0.05) is 13.0 Å². The Bertz CT molecular complexity index is 459. The summed E-state index contributed by atoms with van der Waals surface area (Å²) in [6.45, 7) is 6.77. The Morgan fingerprint density at radius 2 is 2.32 bits per heavy atom. The van der Waals surface area contributed by atoms with E-state index in [0.717, 1.165) is 25.1 Å². The molecular formula is C15H22N2O2. The van der Waals surface area contributed by atoms with Crippen LogP contribution in [0.4, 0.5) is 0 Å². The number of aryl methyl sites for hydroxylation is 1.